The molecule has 0 aromatic carbocycles. The molecule has 1 amide bonds. The summed E-state index contributed by atoms with van der Waals surface area (Å²) in [5, 5.41) is 87.1. The van der Waals surface area contributed by atoms with Gasteiger partial charge in [-0.15, -0.1) is 0 Å². The van der Waals surface area contributed by atoms with E-state index in [1.54, 1.807) is 6.08 Å². The molecule has 12 atom stereocenters. The number of unbranched alkanes of at least 4 members (excludes halogenated alkanes) is 32. The number of aliphatic hydroxyl groups excluding tert-OH is 8. The molecule has 0 radical (unpaired) electrons. The molecule has 14 heteroatoms. The first-order chi connectivity index (χ1) is 38.1. The Bertz CT molecular complexity index is 1490. The highest BCUT2D eigenvalue weighted by atomic mass is 16.7. The molecule has 0 bridgehead atoms. The maximum atomic E-state index is 13.2. The van der Waals surface area contributed by atoms with Gasteiger partial charge < -0.3 is 65.1 Å². The monoisotopic (exact) mass is 1110 g/mol. The summed E-state index contributed by atoms with van der Waals surface area (Å²) in [6, 6.07) is -0.943. The van der Waals surface area contributed by atoms with Crippen molar-refractivity contribution in [1.82, 2.24) is 5.32 Å². The van der Waals surface area contributed by atoms with Crippen molar-refractivity contribution in [2.45, 2.75) is 331 Å². The Labute approximate surface area is 473 Å². The standard InChI is InChI=1S/C64H117NO13/c1-3-5-7-9-11-13-15-17-19-20-21-22-23-24-25-26-27-28-29-30-31-32-34-35-37-39-41-43-45-47-53(68)52(65-56(69)48-46-44-42-40-38-36-33-18-16-14-12-10-8-6-4-2)51-75-63-61(74)59(72)62(55(50-67)77-63)78-64-60(73)58(71)57(70)54(49-66)76-64/h18,31-33,37,39,45,47,52-55,57-64,66-68,70-74H,3-17,19-30,34-36,38,40-44,46,48-51H2,1-2H3,(H,65,69)/b32-31+,33-18-,39-37+,47-45+. The van der Waals surface area contributed by atoms with Gasteiger partial charge in [0.15, 0.2) is 12.6 Å². The highest BCUT2D eigenvalue weighted by molar-refractivity contribution is 5.76. The number of aliphatic hydroxyl groups is 8. The third-order valence-electron chi connectivity index (χ3n) is 15.5. The van der Waals surface area contributed by atoms with Gasteiger partial charge in [0.05, 0.1) is 32.0 Å². The molecule has 2 rings (SSSR count). The number of carbonyl (C=O) groups excluding carboxylic acids is 1. The highest BCUT2D eigenvalue weighted by Gasteiger charge is 2.51. The predicted molar refractivity (Wildman–Crippen MR) is 314 cm³/mol. The van der Waals surface area contributed by atoms with E-state index < -0.39 is 86.8 Å². The summed E-state index contributed by atoms with van der Waals surface area (Å²) in [7, 11) is 0. The molecule has 2 saturated heterocycles. The van der Waals surface area contributed by atoms with E-state index in [-0.39, 0.29) is 18.9 Å². The Morgan fingerprint density at radius 3 is 1.26 bits per heavy atom. The molecular formula is C64H117NO13. The van der Waals surface area contributed by atoms with Crippen molar-refractivity contribution < 1.29 is 64.6 Å². The molecule has 0 aromatic heterocycles. The second kappa shape index (κ2) is 49.5. The van der Waals surface area contributed by atoms with Crippen molar-refractivity contribution in [2.75, 3.05) is 19.8 Å². The fourth-order valence-corrected chi connectivity index (χ4v) is 10.3. The molecule has 0 aromatic rings. The first kappa shape index (κ1) is 72.1. The molecule has 456 valence electrons. The van der Waals surface area contributed by atoms with E-state index in [2.05, 4.69) is 55.6 Å². The molecule has 0 saturated carbocycles. The highest BCUT2D eigenvalue weighted by Crippen LogP contribution is 2.30. The number of ether oxygens (including phenoxy) is 4. The van der Waals surface area contributed by atoms with Crippen molar-refractivity contribution in [3.63, 3.8) is 0 Å². The van der Waals surface area contributed by atoms with Crippen LogP contribution in [0.15, 0.2) is 48.6 Å². The third-order valence-corrected chi connectivity index (χ3v) is 15.5. The van der Waals surface area contributed by atoms with E-state index in [4.69, 9.17) is 18.9 Å². The van der Waals surface area contributed by atoms with Gasteiger partial charge in [-0.2, -0.15) is 0 Å². The fraction of sp³-hybridized carbons (Fsp3) is 0.859. The lowest BCUT2D eigenvalue weighted by atomic mass is 9.97. The van der Waals surface area contributed by atoms with E-state index >= 15 is 0 Å². The van der Waals surface area contributed by atoms with Gasteiger partial charge in [0.1, 0.15) is 48.8 Å². The molecule has 2 aliphatic rings. The molecule has 0 spiro atoms. The molecule has 2 aliphatic heterocycles. The summed E-state index contributed by atoms with van der Waals surface area (Å²) in [6.45, 7) is 2.78. The maximum Gasteiger partial charge on any atom is 0.220 e. The summed E-state index contributed by atoms with van der Waals surface area (Å²) in [6.07, 6.45) is 46.0. The Kier molecular flexibility index (Phi) is 45.8. The second-order valence-corrected chi connectivity index (χ2v) is 22.5. The molecule has 12 unspecified atom stereocenters. The van der Waals surface area contributed by atoms with Crippen LogP contribution >= 0.6 is 0 Å². The van der Waals surface area contributed by atoms with Crippen LogP contribution in [0.1, 0.15) is 258 Å². The van der Waals surface area contributed by atoms with Crippen LogP contribution in [0.5, 0.6) is 0 Å². The van der Waals surface area contributed by atoms with Crippen molar-refractivity contribution in [1.29, 1.82) is 0 Å². The van der Waals surface area contributed by atoms with Gasteiger partial charge in [-0.05, 0) is 70.6 Å². The normalized spacial score (nSPS) is 24.8. The topological polar surface area (TPSA) is 228 Å². The average molecular weight is 1110 g/mol. The van der Waals surface area contributed by atoms with Crippen molar-refractivity contribution >= 4 is 5.91 Å². The smallest absolute Gasteiger partial charge is 0.220 e. The van der Waals surface area contributed by atoms with Crippen LogP contribution < -0.4 is 5.32 Å². The Morgan fingerprint density at radius 2 is 0.821 bits per heavy atom. The fourth-order valence-electron chi connectivity index (χ4n) is 10.3. The maximum absolute atomic E-state index is 13.2. The van der Waals surface area contributed by atoms with Crippen LogP contribution in [0.4, 0.5) is 0 Å². The van der Waals surface area contributed by atoms with Crippen LogP contribution in [-0.4, -0.2) is 140 Å². The SMILES string of the molecule is CCCCCCCC/C=C\CCCCCCCC(=O)NC(COC1OC(CO)C(OC2OC(CO)C(O)C(O)C2O)C(O)C1O)C(O)/C=C/CC/C=C/CC/C=C/CCCCCCCCCCCCCCCCCCCCC. The Hall–Kier alpha value is -2.05. The lowest BCUT2D eigenvalue weighted by molar-refractivity contribution is -0.359. The van der Waals surface area contributed by atoms with Crippen molar-refractivity contribution in [2.24, 2.45) is 0 Å². The van der Waals surface area contributed by atoms with E-state index in [1.807, 2.05) is 6.08 Å². The Morgan fingerprint density at radius 1 is 0.449 bits per heavy atom. The van der Waals surface area contributed by atoms with Gasteiger partial charge in [-0.3, -0.25) is 4.79 Å². The summed E-state index contributed by atoms with van der Waals surface area (Å²) < 4.78 is 22.8. The van der Waals surface area contributed by atoms with Crippen LogP contribution in [-0.2, 0) is 23.7 Å². The van der Waals surface area contributed by atoms with Crippen LogP contribution in [0.25, 0.3) is 0 Å². The van der Waals surface area contributed by atoms with Gasteiger partial charge in [0.25, 0.3) is 0 Å². The first-order valence-electron chi connectivity index (χ1n) is 31.9. The predicted octanol–water partition coefficient (Wildman–Crippen LogP) is 11.6. The number of amides is 1. The van der Waals surface area contributed by atoms with E-state index in [9.17, 15) is 45.6 Å². The quantitative estimate of drug-likeness (QED) is 0.0204. The van der Waals surface area contributed by atoms with Gasteiger partial charge in [0.2, 0.25) is 5.91 Å². The zero-order valence-electron chi connectivity index (χ0n) is 49.2. The van der Waals surface area contributed by atoms with Crippen LogP contribution in [0.2, 0.25) is 0 Å². The molecular weight excluding hydrogens is 991 g/mol. The van der Waals surface area contributed by atoms with Gasteiger partial charge in [0, 0.05) is 6.42 Å². The molecule has 9 N–H and O–H groups in total. The molecule has 78 heavy (non-hydrogen) atoms. The summed E-state index contributed by atoms with van der Waals surface area (Å²) >= 11 is 0. The number of carbonyl (C=O) groups is 1. The number of hydrogen-bond donors (Lipinski definition) is 9. The average Bonchev–Trinajstić information content (AvgIpc) is 3.48. The largest absolute Gasteiger partial charge is 0.394 e. The third kappa shape index (κ3) is 34.4. The summed E-state index contributed by atoms with van der Waals surface area (Å²) in [4.78, 5) is 13.2. The number of hydrogen-bond acceptors (Lipinski definition) is 13. The second-order valence-electron chi connectivity index (χ2n) is 22.5. The van der Waals surface area contributed by atoms with Crippen molar-refractivity contribution in [3.8, 4) is 0 Å². The summed E-state index contributed by atoms with van der Waals surface area (Å²) in [5.74, 6) is -0.261. The lowest BCUT2D eigenvalue weighted by Crippen LogP contribution is -2.65. The minimum absolute atomic E-state index is 0.259. The number of nitrogens with one attached hydrogen (secondary N) is 1. The van der Waals surface area contributed by atoms with E-state index in [1.165, 1.54) is 161 Å². The van der Waals surface area contributed by atoms with E-state index in [0.717, 1.165) is 64.2 Å². The molecule has 14 nitrogen and oxygen atoms in total. The van der Waals surface area contributed by atoms with E-state index in [0.29, 0.717) is 12.8 Å². The molecule has 0 aliphatic carbocycles. The number of allylic oxidation sites excluding steroid dienone is 7. The molecule has 2 heterocycles. The molecule has 2 fully saturated rings. The zero-order valence-corrected chi connectivity index (χ0v) is 49.2. The minimum Gasteiger partial charge on any atom is -0.394 e. The van der Waals surface area contributed by atoms with Gasteiger partial charge in [-0.1, -0.05) is 229 Å². The van der Waals surface area contributed by atoms with Crippen molar-refractivity contribution in [3.05, 3.63) is 48.6 Å². The summed E-state index contributed by atoms with van der Waals surface area (Å²) in [5.41, 5.74) is 0. The van der Waals surface area contributed by atoms with Gasteiger partial charge >= 0.3 is 0 Å². The first-order valence-corrected chi connectivity index (χ1v) is 31.9. The lowest BCUT2D eigenvalue weighted by Gasteiger charge is -2.46. The van der Waals surface area contributed by atoms with Crippen LogP contribution in [0.3, 0.4) is 0 Å². The number of rotatable bonds is 51. The van der Waals surface area contributed by atoms with Gasteiger partial charge in [-0.25, -0.2) is 0 Å². The Balaban J connectivity index is 1.73. The van der Waals surface area contributed by atoms with Crippen LogP contribution in [0, 0.1) is 0 Å². The zero-order chi connectivity index (χ0) is 56.7. The minimum atomic E-state index is -1.79.